The standard InChI is InChI=1S/C11H15N3/c1-3-8(12)11-13-9-6-4-5-7(2)10(9)14-11/h4-6,8H,3,12H2,1-2H3,(H,13,14)/t8-/m1/s1. The summed E-state index contributed by atoms with van der Waals surface area (Å²) in [5.74, 6) is 0.886. The first-order chi connectivity index (χ1) is 6.72. The molecule has 0 saturated carbocycles. The number of para-hydroxylation sites is 1. The van der Waals surface area contributed by atoms with Crippen molar-refractivity contribution in [2.24, 2.45) is 5.73 Å². The van der Waals surface area contributed by atoms with Gasteiger partial charge < -0.3 is 10.7 Å². The maximum Gasteiger partial charge on any atom is 0.124 e. The highest BCUT2D eigenvalue weighted by atomic mass is 15.0. The molecule has 1 aromatic heterocycles. The second-order valence-corrected chi connectivity index (χ2v) is 3.61. The number of aromatic nitrogens is 2. The van der Waals surface area contributed by atoms with Gasteiger partial charge in [-0.3, -0.25) is 0 Å². The average Bonchev–Trinajstić information content (AvgIpc) is 2.62. The molecule has 0 aliphatic heterocycles. The van der Waals surface area contributed by atoms with E-state index in [0.29, 0.717) is 0 Å². The zero-order valence-corrected chi connectivity index (χ0v) is 8.54. The number of nitrogens with zero attached hydrogens (tertiary/aromatic N) is 1. The number of hydrogen-bond donors (Lipinski definition) is 2. The second kappa shape index (κ2) is 3.42. The second-order valence-electron chi connectivity index (χ2n) is 3.61. The third-order valence-electron chi connectivity index (χ3n) is 2.52. The average molecular weight is 189 g/mol. The summed E-state index contributed by atoms with van der Waals surface area (Å²) in [6, 6.07) is 6.13. The Morgan fingerprint density at radius 1 is 1.50 bits per heavy atom. The molecule has 0 radical (unpaired) electrons. The fraction of sp³-hybridized carbons (Fsp3) is 0.364. The first kappa shape index (κ1) is 9.21. The molecular formula is C11H15N3. The lowest BCUT2D eigenvalue weighted by Gasteiger charge is -2.02. The number of rotatable bonds is 2. The highest BCUT2D eigenvalue weighted by Crippen LogP contribution is 2.19. The monoisotopic (exact) mass is 189 g/mol. The largest absolute Gasteiger partial charge is 0.341 e. The molecular weight excluding hydrogens is 174 g/mol. The lowest BCUT2D eigenvalue weighted by atomic mass is 10.2. The summed E-state index contributed by atoms with van der Waals surface area (Å²) >= 11 is 0. The molecule has 2 rings (SSSR count). The Morgan fingerprint density at radius 2 is 2.29 bits per heavy atom. The molecule has 0 bridgehead atoms. The van der Waals surface area contributed by atoms with Crippen LogP contribution in [0.5, 0.6) is 0 Å². The van der Waals surface area contributed by atoms with E-state index < -0.39 is 0 Å². The molecule has 0 amide bonds. The van der Waals surface area contributed by atoms with Gasteiger partial charge in [0.1, 0.15) is 5.82 Å². The van der Waals surface area contributed by atoms with Crippen LogP contribution >= 0.6 is 0 Å². The summed E-state index contributed by atoms with van der Waals surface area (Å²) in [7, 11) is 0. The number of nitrogens with one attached hydrogen (secondary N) is 1. The molecule has 0 fully saturated rings. The number of benzene rings is 1. The normalized spacial score (nSPS) is 13.4. The van der Waals surface area contributed by atoms with Gasteiger partial charge in [0, 0.05) is 0 Å². The Labute approximate surface area is 83.3 Å². The Hall–Kier alpha value is -1.35. The lowest BCUT2D eigenvalue weighted by Crippen LogP contribution is -2.10. The van der Waals surface area contributed by atoms with Crippen LogP contribution in [0, 0.1) is 6.92 Å². The highest BCUT2D eigenvalue weighted by Gasteiger charge is 2.09. The van der Waals surface area contributed by atoms with Crippen molar-refractivity contribution in [2.45, 2.75) is 26.3 Å². The molecule has 0 unspecified atom stereocenters. The van der Waals surface area contributed by atoms with Gasteiger partial charge in [0.05, 0.1) is 17.1 Å². The SMILES string of the molecule is CC[C@@H](N)c1nc2c(C)cccc2[nH]1. The molecule has 74 valence electrons. The third kappa shape index (κ3) is 1.40. The number of aromatic amines is 1. The van der Waals surface area contributed by atoms with Crippen LogP contribution in [0.25, 0.3) is 11.0 Å². The molecule has 1 heterocycles. The number of H-pyrrole nitrogens is 1. The molecule has 3 N–H and O–H groups in total. The van der Waals surface area contributed by atoms with E-state index >= 15 is 0 Å². The minimum absolute atomic E-state index is 0.0156. The van der Waals surface area contributed by atoms with Crippen LogP contribution in [0.4, 0.5) is 0 Å². The van der Waals surface area contributed by atoms with Crippen molar-refractivity contribution < 1.29 is 0 Å². The first-order valence-electron chi connectivity index (χ1n) is 4.93. The summed E-state index contributed by atoms with van der Waals surface area (Å²) < 4.78 is 0. The van der Waals surface area contributed by atoms with Crippen LogP contribution in [0.15, 0.2) is 18.2 Å². The zero-order chi connectivity index (χ0) is 10.1. The van der Waals surface area contributed by atoms with Gasteiger partial charge in [0.2, 0.25) is 0 Å². The van der Waals surface area contributed by atoms with Crippen molar-refractivity contribution in [3.8, 4) is 0 Å². The molecule has 0 spiro atoms. The van der Waals surface area contributed by atoms with Crippen molar-refractivity contribution in [1.29, 1.82) is 0 Å². The van der Waals surface area contributed by atoms with Crippen molar-refractivity contribution in [1.82, 2.24) is 9.97 Å². The molecule has 0 aliphatic rings. The van der Waals surface area contributed by atoms with Gasteiger partial charge in [-0.1, -0.05) is 19.1 Å². The number of fused-ring (bicyclic) bond motifs is 1. The first-order valence-corrected chi connectivity index (χ1v) is 4.93. The van der Waals surface area contributed by atoms with Gasteiger partial charge in [-0.15, -0.1) is 0 Å². The van der Waals surface area contributed by atoms with Gasteiger partial charge in [-0.05, 0) is 25.0 Å². The van der Waals surface area contributed by atoms with Crippen molar-refractivity contribution in [3.63, 3.8) is 0 Å². The quantitative estimate of drug-likeness (QED) is 0.761. The molecule has 1 aromatic carbocycles. The Kier molecular flexibility index (Phi) is 2.25. The fourth-order valence-corrected chi connectivity index (χ4v) is 1.56. The summed E-state index contributed by atoms with van der Waals surface area (Å²) in [6.07, 6.45) is 0.902. The van der Waals surface area contributed by atoms with Crippen LogP contribution in [-0.2, 0) is 0 Å². The molecule has 0 aliphatic carbocycles. The molecule has 1 atom stereocenters. The summed E-state index contributed by atoms with van der Waals surface area (Å²) in [5.41, 5.74) is 9.21. The maximum absolute atomic E-state index is 5.91. The van der Waals surface area contributed by atoms with Crippen LogP contribution in [0.2, 0.25) is 0 Å². The van der Waals surface area contributed by atoms with Gasteiger partial charge in [-0.25, -0.2) is 4.98 Å². The molecule has 14 heavy (non-hydrogen) atoms. The molecule has 0 saturated heterocycles. The summed E-state index contributed by atoms with van der Waals surface area (Å²) in [5, 5.41) is 0. The van der Waals surface area contributed by atoms with E-state index in [9.17, 15) is 0 Å². The van der Waals surface area contributed by atoms with Gasteiger partial charge in [-0.2, -0.15) is 0 Å². The highest BCUT2D eigenvalue weighted by molar-refractivity contribution is 5.78. The van der Waals surface area contributed by atoms with Crippen molar-refractivity contribution in [2.75, 3.05) is 0 Å². The van der Waals surface area contributed by atoms with E-state index in [-0.39, 0.29) is 6.04 Å². The van der Waals surface area contributed by atoms with Crippen LogP contribution < -0.4 is 5.73 Å². The van der Waals surface area contributed by atoms with E-state index in [4.69, 9.17) is 5.73 Å². The number of hydrogen-bond acceptors (Lipinski definition) is 2. The zero-order valence-electron chi connectivity index (χ0n) is 8.54. The number of imidazole rings is 1. The minimum Gasteiger partial charge on any atom is -0.341 e. The molecule has 3 heteroatoms. The van der Waals surface area contributed by atoms with E-state index in [1.54, 1.807) is 0 Å². The molecule has 2 aromatic rings. The predicted molar refractivity (Wildman–Crippen MR) is 58.1 cm³/mol. The van der Waals surface area contributed by atoms with Gasteiger partial charge >= 0.3 is 0 Å². The van der Waals surface area contributed by atoms with E-state index in [2.05, 4.69) is 29.9 Å². The molecule has 3 nitrogen and oxygen atoms in total. The minimum atomic E-state index is 0.0156. The van der Waals surface area contributed by atoms with Crippen molar-refractivity contribution in [3.05, 3.63) is 29.6 Å². The van der Waals surface area contributed by atoms with E-state index in [1.807, 2.05) is 12.1 Å². The third-order valence-corrected chi connectivity index (χ3v) is 2.52. The fourth-order valence-electron chi connectivity index (χ4n) is 1.56. The summed E-state index contributed by atoms with van der Waals surface area (Å²) in [4.78, 5) is 7.75. The predicted octanol–water partition coefficient (Wildman–Crippen LogP) is 2.28. The Bertz CT molecular complexity index is 445. The Balaban J connectivity index is 2.56. The summed E-state index contributed by atoms with van der Waals surface area (Å²) in [6.45, 7) is 4.12. The van der Waals surface area contributed by atoms with Crippen molar-refractivity contribution >= 4 is 11.0 Å². The smallest absolute Gasteiger partial charge is 0.124 e. The Morgan fingerprint density at radius 3 is 2.93 bits per heavy atom. The lowest BCUT2D eigenvalue weighted by molar-refractivity contribution is 0.660. The van der Waals surface area contributed by atoms with Crippen LogP contribution in [-0.4, -0.2) is 9.97 Å². The van der Waals surface area contributed by atoms with E-state index in [1.165, 1.54) is 5.56 Å². The number of aryl methyl sites for hydroxylation is 1. The van der Waals surface area contributed by atoms with Gasteiger partial charge in [0.25, 0.3) is 0 Å². The topological polar surface area (TPSA) is 54.7 Å². The van der Waals surface area contributed by atoms with Crippen LogP contribution in [0.1, 0.15) is 30.8 Å². The number of nitrogens with two attached hydrogens (primary N) is 1. The van der Waals surface area contributed by atoms with E-state index in [0.717, 1.165) is 23.3 Å². The maximum atomic E-state index is 5.91. The van der Waals surface area contributed by atoms with Gasteiger partial charge in [0.15, 0.2) is 0 Å². The van der Waals surface area contributed by atoms with Crippen LogP contribution in [0.3, 0.4) is 0 Å².